The van der Waals surface area contributed by atoms with Gasteiger partial charge in [0, 0.05) is 75.7 Å². The Balaban J connectivity index is 0.967. The molecule has 4 aliphatic rings. The van der Waals surface area contributed by atoms with Crippen LogP contribution >= 0.6 is 0 Å². The van der Waals surface area contributed by atoms with Crippen LogP contribution in [0, 0.1) is 5.92 Å². The first-order valence-corrected chi connectivity index (χ1v) is 31.7. The summed E-state index contributed by atoms with van der Waals surface area (Å²) >= 11 is 0. The van der Waals surface area contributed by atoms with Gasteiger partial charge in [-0.05, 0) is 242 Å². The summed E-state index contributed by atoms with van der Waals surface area (Å²) in [4.78, 5) is 0. The maximum Gasteiger partial charge on any atom is 0.123 e. The number of piperidine rings is 4. The Morgan fingerprint density at radius 2 is 0.570 bits per heavy atom. The van der Waals surface area contributed by atoms with Crippen molar-refractivity contribution in [1.82, 2.24) is 21.3 Å². The summed E-state index contributed by atoms with van der Waals surface area (Å²) in [6.07, 6.45) is 23.3. The second-order valence-corrected chi connectivity index (χ2v) is 30.4. The van der Waals surface area contributed by atoms with Gasteiger partial charge in [0.05, 0.1) is 64.6 Å². The minimum atomic E-state index is 0.0674. The molecule has 0 saturated carbocycles. The Morgan fingerprint density at radius 1 is 0.304 bits per heavy atom. The molecule has 4 saturated heterocycles. The fourth-order valence-corrected chi connectivity index (χ4v) is 15.1. The topological polar surface area (TPSA) is 113 Å². The van der Waals surface area contributed by atoms with Crippen molar-refractivity contribution in [1.29, 1.82) is 0 Å². The van der Waals surface area contributed by atoms with Crippen LogP contribution in [0.25, 0.3) is 0 Å². The summed E-state index contributed by atoms with van der Waals surface area (Å²) in [5.41, 5.74) is 3.36. The molecule has 4 aliphatic heterocycles. The summed E-state index contributed by atoms with van der Waals surface area (Å²) in [5.74, 6) is 4.35. The van der Waals surface area contributed by atoms with Crippen molar-refractivity contribution >= 4 is 0 Å². The van der Waals surface area contributed by atoms with Crippen molar-refractivity contribution in [3.63, 3.8) is 0 Å². The molecule has 11 nitrogen and oxygen atoms in total. The summed E-state index contributed by atoms with van der Waals surface area (Å²) in [7, 11) is 0. The highest BCUT2D eigenvalue weighted by Crippen LogP contribution is 2.37. The Kier molecular flexibility index (Phi) is 23.9. The van der Waals surface area contributed by atoms with E-state index < -0.39 is 0 Å². The number of aryl methyl sites for hydroxylation is 2. The van der Waals surface area contributed by atoms with Gasteiger partial charge in [-0.15, -0.1) is 0 Å². The van der Waals surface area contributed by atoms with Gasteiger partial charge in [0.25, 0.3) is 0 Å². The first kappa shape index (κ1) is 65.5. The van der Waals surface area contributed by atoms with E-state index in [4.69, 9.17) is 33.2 Å². The Bertz CT molecular complexity index is 1790. The average molecular weight is 1100 g/mol. The van der Waals surface area contributed by atoms with Crippen LogP contribution in [-0.4, -0.2) is 109 Å². The van der Waals surface area contributed by atoms with Crippen molar-refractivity contribution in [2.75, 3.05) is 46.2 Å². The lowest BCUT2D eigenvalue weighted by Gasteiger charge is -2.46. The molecule has 452 valence electrons. The summed E-state index contributed by atoms with van der Waals surface area (Å²) < 4.78 is 45.1. The molecule has 2 aromatic rings. The lowest BCUT2D eigenvalue weighted by atomic mass is 9.74. The van der Waals surface area contributed by atoms with Crippen molar-refractivity contribution in [3.05, 3.63) is 47.5 Å². The van der Waals surface area contributed by atoms with Crippen LogP contribution in [0.15, 0.2) is 36.4 Å². The van der Waals surface area contributed by atoms with E-state index in [1.807, 2.05) is 0 Å². The number of rotatable bonds is 32. The van der Waals surface area contributed by atoms with E-state index >= 15 is 0 Å². The normalized spacial score (nSPS) is 22.6. The molecule has 0 bridgehead atoms. The van der Waals surface area contributed by atoms with Gasteiger partial charge in [-0.1, -0.05) is 25.7 Å². The molecular formula is C68H118N4O7. The van der Waals surface area contributed by atoms with E-state index in [1.165, 1.54) is 56.1 Å². The lowest BCUT2D eigenvalue weighted by Crippen LogP contribution is -2.59. The molecule has 11 heteroatoms. The zero-order valence-corrected chi connectivity index (χ0v) is 53.4. The SMILES string of the molecule is CC1(C)CC(CCCCOc2cc(CCCCCCCc3cc(OCCCOC4CC(C)(C)NC(C)(C)C4)cc(OCCCOC4CC(C)(C)NC(C)(C)C4)c3)cc(OCCCOC3CC(C)(C)NC(C)(C)C3)c2)CC(C)(C)N1. The molecule has 2 aromatic carbocycles. The lowest BCUT2D eigenvalue weighted by molar-refractivity contribution is -0.0252. The molecule has 0 aliphatic carbocycles. The molecule has 0 aromatic heterocycles. The van der Waals surface area contributed by atoms with Crippen LogP contribution in [0.5, 0.6) is 23.0 Å². The maximum atomic E-state index is 6.50. The third-order valence-electron chi connectivity index (χ3n) is 16.6. The van der Waals surface area contributed by atoms with Gasteiger partial charge >= 0.3 is 0 Å². The van der Waals surface area contributed by atoms with Gasteiger partial charge in [0.1, 0.15) is 23.0 Å². The van der Waals surface area contributed by atoms with Crippen LogP contribution in [0.2, 0.25) is 0 Å². The largest absolute Gasteiger partial charge is 0.493 e. The van der Waals surface area contributed by atoms with Gasteiger partial charge in [0.2, 0.25) is 0 Å². The van der Waals surface area contributed by atoms with E-state index in [2.05, 4.69) is 168 Å². The molecule has 6 rings (SSSR count). The molecule has 0 atom stereocenters. The number of ether oxygens (including phenoxy) is 7. The van der Waals surface area contributed by atoms with Gasteiger partial charge in [-0.2, -0.15) is 0 Å². The van der Waals surface area contributed by atoms with Gasteiger partial charge in [0.15, 0.2) is 0 Å². The van der Waals surface area contributed by atoms with Crippen molar-refractivity contribution in [2.24, 2.45) is 5.92 Å². The molecule has 0 radical (unpaired) electrons. The molecule has 4 fully saturated rings. The summed E-state index contributed by atoms with van der Waals surface area (Å²) in [6, 6.07) is 13.1. The van der Waals surface area contributed by atoms with Crippen molar-refractivity contribution < 1.29 is 33.2 Å². The molecule has 0 unspecified atom stereocenters. The van der Waals surface area contributed by atoms with Crippen LogP contribution in [0.3, 0.4) is 0 Å². The fourth-order valence-electron chi connectivity index (χ4n) is 15.1. The van der Waals surface area contributed by atoms with Crippen LogP contribution in [0.1, 0.15) is 244 Å². The third-order valence-corrected chi connectivity index (χ3v) is 16.6. The number of hydrogen-bond acceptors (Lipinski definition) is 11. The molecule has 4 N–H and O–H groups in total. The molecule has 79 heavy (non-hydrogen) atoms. The first-order chi connectivity index (χ1) is 36.9. The van der Waals surface area contributed by atoms with E-state index in [-0.39, 0.29) is 62.6 Å². The van der Waals surface area contributed by atoms with Gasteiger partial charge in [-0.25, -0.2) is 0 Å². The Morgan fingerprint density at radius 3 is 0.873 bits per heavy atom. The van der Waals surface area contributed by atoms with E-state index in [9.17, 15) is 0 Å². The molecule has 0 amide bonds. The van der Waals surface area contributed by atoms with Crippen LogP contribution < -0.4 is 40.2 Å². The molecular weight excluding hydrogens is 985 g/mol. The summed E-state index contributed by atoms with van der Waals surface area (Å²) in [6.45, 7) is 41.5. The van der Waals surface area contributed by atoms with Crippen molar-refractivity contribution in [3.8, 4) is 23.0 Å². The summed E-state index contributed by atoms with van der Waals surface area (Å²) in [5, 5.41) is 15.2. The highest BCUT2D eigenvalue weighted by molar-refractivity contribution is 5.39. The average Bonchev–Trinajstić information content (AvgIpc) is 3.28. The van der Waals surface area contributed by atoms with Crippen molar-refractivity contribution in [2.45, 2.75) is 308 Å². The predicted octanol–water partition coefficient (Wildman–Crippen LogP) is 14.8. The quantitative estimate of drug-likeness (QED) is 0.0526. The fraction of sp³-hybridized carbons (Fsp3) is 0.824. The van der Waals surface area contributed by atoms with E-state index in [0.29, 0.717) is 39.6 Å². The van der Waals surface area contributed by atoms with Crippen LogP contribution in [0.4, 0.5) is 0 Å². The third kappa shape index (κ3) is 25.0. The second kappa shape index (κ2) is 28.8. The Labute approximate surface area is 483 Å². The number of benzene rings is 2. The van der Waals surface area contributed by atoms with E-state index in [0.717, 1.165) is 125 Å². The predicted molar refractivity (Wildman–Crippen MR) is 328 cm³/mol. The van der Waals surface area contributed by atoms with Gasteiger partial charge in [-0.3, -0.25) is 0 Å². The number of unbranched alkanes of at least 4 members (excludes halogenated alkanes) is 5. The molecule has 4 heterocycles. The highest BCUT2D eigenvalue weighted by atomic mass is 16.5. The zero-order valence-electron chi connectivity index (χ0n) is 53.4. The minimum absolute atomic E-state index is 0.0674. The number of hydrogen-bond donors (Lipinski definition) is 4. The standard InChI is InChI=1S/C68H118N4O7/c1-61(2)43-53(44-62(3,4)69-61)29-22-23-30-73-54-37-51(38-55(41-54)74-31-24-34-77-58-45-63(5,6)70-64(7,8)46-58)27-20-18-17-19-21-28-52-39-56(75-32-25-35-78-59-47-65(9,10)71-66(11,12)48-59)42-57(40-52)76-33-26-36-79-60-49-67(13,14)72-68(15,16)50-60/h37-42,53,58-60,69-72H,17-36,43-50H2,1-16H3. The highest BCUT2D eigenvalue weighted by Gasteiger charge is 2.41. The Hall–Kier alpha value is -2.64. The number of nitrogens with one attached hydrogen (secondary N) is 4. The minimum Gasteiger partial charge on any atom is -0.493 e. The molecule has 0 spiro atoms. The van der Waals surface area contributed by atoms with Gasteiger partial charge < -0.3 is 54.4 Å². The first-order valence-electron chi connectivity index (χ1n) is 31.7. The van der Waals surface area contributed by atoms with Crippen LogP contribution in [-0.2, 0) is 27.1 Å². The second-order valence-electron chi connectivity index (χ2n) is 30.4. The zero-order chi connectivity index (χ0) is 57.6. The maximum absolute atomic E-state index is 6.50. The monoisotopic (exact) mass is 1100 g/mol. The van der Waals surface area contributed by atoms with E-state index in [1.54, 1.807) is 0 Å². The smallest absolute Gasteiger partial charge is 0.123 e.